The molecule has 4 rings (SSSR count). The van der Waals surface area contributed by atoms with Gasteiger partial charge in [-0.25, -0.2) is 19.7 Å². The quantitative estimate of drug-likeness (QED) is 0.318. The second-order valence-corrected chi connectivity index (χ2v) is 7.70. The summed E-state index contributed by atoms with van der Waals surface area (Å²) in [6.07, 6.45) is 0. The Balaban J connectivity index is 1.78. The molecule has 3 N–H and O–H groups in total. The molecule has 182 valence electrons. The number of benzene rings is 3. The van der Waals surface area contributed by atoms with Gasteiger partial charge in [0, 0.05) is 17.7 Å². The number of ketones is 1. The Bertz CT molecular complexity index is 1340. The van der Waals surface area contributed by atoms with Crippen LogP contribution in [0, 0.1) is 0 Å². The van der Waals surface area contributed by atoms with Crippen LogP contribution >= 0.6 is 0 Å². The molecule has 36 heavy (non-hydrogen) atoms. The maximum absolute atomic E-state index is 11.2. The molecule has 0 saturated carbocycles. The van der Waals surface area contributed by atoms with Crippen LogP contribution in [0.4, 0.5) is 0 Å². The number of phenolic OH excluding ortho intramolecular Hbond substituents is 2. The monoisotopic (exact) mass is 487 g/mol. The molecule has 10 heteroatoms. The lowest BCUT2D eigenvalue weighted by Gasteiger charge is -2.12. The average molecular weight is 487 g/mol. The second kappa shape index (κ2) is 10.5. The van der Waals surface area contributed by atoms with Gasteiger partial charge in [-0.15, -0.1) is 0 Å². The first-order chi connectivity index (χ1) is 17.3. The zero-order chi connectivity index (χ0) is 25.7. The van der Waals surface area contributed by atoms with Crippen LogP contribution in [0.2, 0.25) is 0 Å². The first-order valence-corrected chi connectivity index (χ1v) is 10.8. The third-order valence-corrected chi connectivity index (χ3v) is 4.89. The predicted octanol–water partition coefficient (Wildman–Crippen LogP) is 3.72. The standard InChI is InChI=1S/C26H21N3O7/c1-15(30)13-35-17-7-9-19(21(31)11-17)25-27-24(16-5-3-2-4-6-16)28-26(29-25)20-10-8-18(12-22(20)32)36-14-23(33)34/h2-12,31-32H,13-14H2,1H3,(H,33,34). The molecule has 3 aromatic carbocycles. The maximum atomic E-state index is 11.2. The maximum Gasteiger partial charge on any atom is 0.341 e. The number of aromatic hydroxyl groups is 2. The molecule has 1 aromatic heterocycles. The van der Waals surface area contributed by atoms with E-state index in [1.54, 1.807) is 12.1 Å². The molecular formula is C26H21N3O7. The van der Waals surface area contributed by atoms with E-state index in [1.165, 1.54) is 31.2 Å². The van der Waals surface area contributed by atoms with Gasteiger partial charge in [-0.3, -0.25) is 4.79 Å². The predicted molar refractivity (Wildman–Crippen MR) is 129 cm³/mol. The van der Waals surface area contributed by atoms with Crippen LogP contribution in [-0.2, 0) is 9.59 Å². The molecule has 0 atom stereocenters. The molecule has 0 radical (unpaired) electrons. The first-order valence-electron chi connectivity index (χ1n) is 10.8. The molecule has 10 nitrogen and oxygen atoms in total. The molecule has 0 unspecified atom stereocenters. The van der Waals surface area contributed by atoms with Gasteiger partial charge in [-0.1, -0.05) is 30.3 Å². The summed E-state index contributed by atoms with van der Waals surface area (Å²) < 4.78 is 10.5. The third kappa shape index (κ3) is 5.73. The number of nitrogens with zero attached hydrogens (tertiary/aromatic N) is 3. The van der Waals surface area contributed by atoms with Crippen molar-refractivity contribution in [3.05, 3.63) is 66.7 Å². The Morgan fingerprint density at radius 2 is 1.22 bits per heavy atom. The molecule has 4 aromatic rings. The van der Waals surface area contributed by atoms with Crippen LogP contribution in [0.3, 0.4) is 0 Å². The number of aliphatic carboxylic acids is 1. The Morgan fingerprint density at radius 1 is 0.722 bits per heavy atom. The summed E-state index contributed by atoms with van der Waals surface area (Å²) in [5.74, 6) is -0.679. The number of phenols is 2. The fourth-order valence-corrected chi connectivity index (χ4v) is 3.24. The van der Waals surface area contributed by atoms with Crippen LogP contribution in [-0.4, -0.2) is 55.2 Å². The third-order valence-electron chi connectivity index (χ3n) is 4.89. The van der Waals surface area contributed by atoms with E-state index in [0.717, 1.165) is 0 Å². The van der Waals surface area contributed by atoms with Crippen molar-refractivity contribution in [3.8, 4) is 57.2 Å². The normalized spacial score (nSPS) is 10.6. The van der Waals surface area contributed by atoms with E-state index in [1.807, 2.05) is 30.3 Å². The number of carboxylic acid groups (broad SMARTS) is 1. The fourth-order valence-electron chi connectivity index (χ4n) is 3.24. The Morgan fingerprint density at radius 3 is 1.69 bits per heavy atom. The first kappa shape index (κ1) is 24.1. The van der Waals surface area contributed by atoms with Crippen molar-refractivity contribution in [2.75, 3.05) is 13.2 Å². The van der Waals surface area contributed by atoms with Gasteiger partial charge >= 0.3 is 5.97 Å². The second-order valence-electron chi connectivity index (χ2n) is 7.70. The molecule has 0 aliphatic heterocycles. The summed E-state index contributed by atoms with van der Waals surface area (Å²) in [5.41, 5.74) is 1.22. The minimum Gasteiger partial charge on any atom is -0.507 e. The number of carboxylic acids is 1. The Labute approximate surface area is 205 Å². The van der Waals surface area contributed by atoms with Crippen LogP contribution in [0.1, 0.15) is 6.92 Å². The lowest BCUT2D eigenvalue weighted by molar-refractivity contribution is -0.139. The van der Waals surface area contributed by atoms with E-state index in [0.29, 0.717) is 17.1 Å². The molecular weight excluding hydrogens is 466 g/mol. The van der Waals surface area contributed by atoms with E-state index in [9.17, 15) is 19.8 Å². The van der Waals surface area contributed by atoms with Crippen molar-refractivity contribution in [1.29, 1.82) is 0 Å². The SMILES string of the molecule is CC(=O)COc1ccc(-c2nc(-c3ccccc3)nc(-c3ccc(OCC(=O)O)cc3O)n2)c(O)c1. The van der Waals surface area contributed by atoms with Gasteiger partial charge in [0.15, 0.2) is 29.9 Å². The van der Waals surface area contributed by atoms with Gasteiger partial charge in [0.25, 0.3) is 0 Å². The summed E-state index contributed by atoms with van der Waals surface area (Å²) in [4.78, 5) is 35.4. The molecule has 1 heterocycles. The van der Waals surface area contributed by atoms with Crippen molar-refractivity contribution in [2.24, 2.45) is 0 Å². The van der Waals surface area contributed by atoms with Crippen LogP contribution < -0.4 is 9.47 Å². The van der Waals surface area contributed by atoms with Crippen molar-refractivity contribution < 1.29 is 34.4 Å². The lowest BCUT2D eigenvalue weighted by Crippen LogP contribution is -2.09. The van der Waals surface area contributed by atoms with Crippen LogP contribution in [0.15, 0.2) is 66.7 Å². The van der Waals surface area contributed by atoms with Gasteiger partial charge in [-0.2, -0.15) is 0 Å². The minimum absolute atomic E-state index is 0.123. The number of ether oxygens (including phenoxy) is 2. The summed E-state index contributed by atoms with van der Waals surface area (Å²) in [7, 11) is 0. The van der Waals surface area contributed by atoms with Gasteiger partial charge in [0.05, 0.1) is 11.1 Å². The van der Waals surface area contributed by atoms with Gasteiger partial charge in [0.2, 0.25) is 0 Å². The molecule has 0 saturated heterocycles. The largest absolute Gasteiger partial charge is 0.507 e. The fraction of sp³-hybridized carbons (Fsp3) is 0.115. The molecule has 0 fully saturated rings. The van der Waals surface area contributed by atoms with Crippen molar-refractivity contribution >= 4 is 11.8 Å². The lowest BCUT2D eigenvalue weighted by atomic mass is 10.1. The van der Waals surface area contributed by atoms with E-state index < -0.39 is 12.6 Å². The van der Waals surface area contributed by atoms with Crippen LogP contribution in [0.25, 0.3) is 34.2 Å². The molecule has 0 aliphatic rings. The molecule has 0 aliphatic carbocycles. The molecule has 0 bridgehead atoms. The van der Waals surface area contributed by atoms with Gasteiger partial charge in [-0.05, 0) is 31.2 Å². The van der Waals surface area contributed by atoms with Crippen molar-refractivity contribution in [2.45, 2.75) is 6.92 Å². The van der Waals surface area contributed by atoms with Gasteiger partial charge in [0.1, 0.15) is 29.6 Å². The Hall–Kier alpha value is -4.99. The zero-order valence-electron chi connectivity index (χ0n) is 19.1. The summed E-state index contributed by atoms with van der Waals surface area (Å²) in [5, 5.41) is 30.0. The number of aromatic nitrogens is 3. The summed E-state index contributed by atoms with van der Waals surface area (Å²) >= 11 is 0. The van der Waals surface area contributed by atoms with E-state index in [-0.39, 0.29) is 52.4 Å². The van der Waals surface area contributed by atoms with E-state index >= 15 is 0 Å². The Kier molecular flexibility index (Phi) is 7.05. The zero-order valence-corrected chi connectivity index (χ0v) is 19.1. The van der Waals surface area contributed by atoms with Crippen molar-refractivity contribution in [1.82, 2.24) is 15.0 Å². The number of hydrogen-bond donors (Lipinski definition) is 3. The number of hydrogen-bond acceptors (Lipinski definition) is 9. The highest BCUT2D eigenvalue weighted by Gasteiger charge is 2.17. The summed E-state index contributed by atoms with van der Waals surface area (Å²) in [6, 6.07) is 17.9. The van der Waals surface area contributed by atoms with Gasteiger partial charge < -0.3 is 24.8 Å². The van der Waals surface area contributed by atoms with E-state index in [4.69, 9.17) is 14.6 Å². The minimum atomic E-state index is -1.15. The smallest absolute Gasteiger partial charge is 0.341 e. The topological polar surface area (TPSA) is 152 Å². The highest BCUT2D eigenvalue weighted by atomic mass is 16.5. The number of Topliss-reactive ketones (excluding diaryl/α,β-unsaturated/α-hetero) is 1. The molecule has 0 amide bonds. The summed E-state index contributed by atoms with van der Waals surface area (Å²) in [6.45, 7) is 0.711. The highest BCUT2D eigenvalue weighted by molar-refractivity contribution is 5.77. The molecule has 0 spiro atoms. The number of rotatable bonds is 9. The highest BCUT2D eigenvalue weighted by Crippen LogP contribution is 2.35. The number of carbonyl (C=O) groups is 2. The number of carbonyl (C=O) groups excluding carboxylic acids is 1. The van der Waals surface area contributed by atoms with E-state index in [2.05, 4.69) is 15.0 Å². The van der Waals surface area contributed by atoms with Crippen molar-refractivity contribution in [3.63, 3.8) is 0 Å². The average Bonchev–Trinajstić information content (AvgIpc) is 2.86. The van der Waals surface area contributed by atoms with Crippen LogP contribution in [0.5, 0.6) is 23.0 Å².